The number of likely N-dealkylation sites (N-methyl/N-ethyl adjacent to an activating group) is 1. The topological polar surface area (TPSA) is 32.3 Å². The summed E-state index contributed by atoms with van der Waals surface area (Å²) in [6, 6.07) is 11.7. The number of halogens is 1. The minimum Gasteiger partial charge on any atom is -0.358 e. The minimum atomic E-state index is -0.782. The standard InChI is InChI=1S/C19H21ClN2OS2/c1-22(18(24)21-13-14-7-6-12-25-14)19(11-5-4-10-17(19)23)15-8-2-3-9-16(15)20/h2-3,6-9,12H,4-5,10-11,13H2,1H3,(H,21,24)/t19-/m0/s1. The van der Waals surface area contributed by atoms with Crippen LogP contribution in [-0.4, -0.2) is 22.8 Å². The van der Waals surface area contributed by atoms with Gasteiger partial charge in [-0.1, -0.05) is 35.9 Å². The van der Waals surface area contributed by atoms with Gasteiger partial charge in [0.2, 0.25) is 0 Å². The van der Waals surface area contributed by atoms with Gasteiger partial charge in [0.25, 0.3) is 0 Å². The Morgan fingerprint density at radius 1 is 1.32 bits per heavy atom. The predicted molar refractivity (Wildman–Crippen MR) is 108 cm³/mol. The van der Waals surface area contributed by atoms with Gasteiger partial charge < -0.3 is 10.2 Å². The molecule has 3 nitrogen and oxygen atoms in total. The Balaban J connectivity index is 1.90. The molecule has 132 valence electrons. The van der Waals surface area contributed by atoms with Crippen molar-refractivity contribution >= 4 is 46.1 Å². The summed E-state index contributed by atoms with van der Waals surface area (Å²) in [5, 5.41) is 6.52. The lowest BCUT2D eigenvalue weighted by atomic mass is 9.74. The van der Waals surface area contributed by atoms with Gasteiger partial charge in [0.1, 0.15) is 5.54 Å². The molecule has 1 aromatic carbocycles. The largest absolute Gasteiger partial charge is 0.358 e. The van der Waals surface area contributed by atoms with E-state index in [-0.39, 0.29) is 5.78 Å². The second-order valence-electron chi connectivity index (χ2n) is 6.27. The number of carbonyl (C=O) groups excluding carboxylic acids is 1. The van der Waals surface area contributed by atoms with Crippen LogP contribution in [0.1, 0.15) is 36.1 Å². The number of thiophene rings is 1. The van der Waals surface area contributed by atoms with Crippen molar-refractivity contribution in [3.05, 3.63) is 57.2 Å². The summed E-state index contributed by atoms with van der Waals surface area (Å²) in [5.41, 5.74) is 0.0694. The van der Waals surface area contributed by atoms with Crippen molar-refractivity contribution in [3.8, 4) is 0 Å². The Morgan fingerprint density at radius 2 is 2.12 bits per heavy atom. The zero-order valence-electron chi connectivity index (χ0n) is 14.1. The molecule has 25 heavy (non-hydrogen) atoms. The zero-order chi connectivity index (χ0) is 17.9. The van der Waals surface area contributed by atoms with Gasteiger partial charge in [-0.05, 0) is 49.0 Å². The van der Waals surface area contributed by atoms with Gasteiger partial charge in [0, 0.05) is 28.9 Å². The molecule has 1 fully saturated rings. The Bertz CT molecular complexity index is 763. The van der Waals surface area contributed by atoms with Gasteiger partial charge in [0.15, 0.2) is 10.9 Å². The summed E-state index contributed by atoms with van der Waals surface area (Å²) in [6.45, 7) is 0.660. The van der Waals surface area contributed by atoms with Crippen LogP contribution in [0, 0.1) is 0 Å². The highest BCUT2D eigenvalue weighted by Crippen LogP contribution is 2.42. The van der Waals surface area contributed by atoms with Crippen LogP contribution in [0.4, 0.5) is 0 Å². The van der Waals surface area contributed by atoms with Crippen molar-refractivity contribution in [2.75, 3.05) is 7.05 Å². The number of benzene rings is 1. The molecule has 0 bridgehead atoms. The van der Waals surface area contributed by atoms with Crippen LogP contribution >= 0.6 is 35.2 Å². The summed E-state index contributed by atoms with van der Waals surface area (Å²) in [6.07, 6.45) is 3.19. The molecule has 6 heteroatoms. The lowest BCUT2D eigenvalue weighted by Gasteiger charge is -2.45. The highest BCUT2D eigenvalue weighted by molar-refractivity contribution is 7.80. The fourth-order valence-electron chi connectivity index (χ4n) is 3.50. The first-order chi connectivity index (χ1) is 12.1. The Morgan fingerprint density at radius 3 is 2.80 bits per heavy atom. The fourth-order valence-corrected chi connectivity index (χ4v) is 4.66. The maximum Gasteiger partial charge on any atom is 0.170 e. The molecule has 1 aromatic heterocycles. The number of ketones is 1. The molecule has 0 amide bonds. The summed E-state index contributed by atoms with van der Waals surface area (Å²) < 4.78 is 0. The lowest BCUT2D eigenvalue weighted by Crippen LogP contribution is -2.56. The third-order valence-corrected chi connectivity index (χ3v) is 6.47. The average molecular weight is 393 g/mol. The third kappa shape index (κ3) is 3.59. The molecule has 1 aliphatic rings. The molecule has 1 atom stereocenters. The molecule has 1 heterocycles. The average Bonchev–Trinajstić information content (AvgIpc) is 3.14. The maximum absolute atomic E-state index is 13.1. The molecule has 1 N–H and O–H groups in total. The van der Waals surface area contributed by atoms with Crippen LogP contribution in [0.2, 0.25) is 5.02 Å². The molecule has 0 saturated heterocycles. The van der Waals surface area contributed by atoms with Crippen LogP contribution in [0.15, 0.2) is 41.8 Å². The molecule has 2 aromatic rings. The van der Waals surface area contributed by atoms with E-state index < -0.39 is 5.54 Å². The van der Waals surface area contributed by atoms with E-state index in [0.717, 1.165) is 24.8 Å². The van der Waals surface area contributed by atoms with Crippen molar-refractivity contribution in [2.24, 2.45) is 0 Å². The molecule has 0 unspecified atom stereocenters. The molecule has 0 aliphatic heterocycles. The smallest absolute Gasteiger partial charge is 0.170 e. The van der Waals surface area contributed by atoms with Crippen LogP contribution in [0.25, 0.3) is 0 Å². The van der Waals surface area contributed by atoms with Crippen LogP contribution in [-0.2, 0) is 16.9 Å². The molecular formula is C19H21ClN2OS2. The van der Waals surface area contributed by atoms with E-state index in [1.807, 2.05) is 47.7 Å². The number of rotatable bonds is 4. The Kier molecular flexibility index (Phi) is 5.77. The first-order valence-corrected chi connectivity index (χ1v) is 10.0. The number of nitrogens with one attached hydrogen (secondary N) is 1. The van der Waals surface area contributed by atoms with E-state index in [0.29, 0.717) is 23.1 Å². The Labute approximate surface area is 163 Å². The van der Waals surface area contributed by atoms with E-state index in [1.54, 1.807) is 11.3 Å². The second-order valence-corrected chi connectivity index (χ2v) is 8.09. The monoisotopic (exact) mass is 392 g/mol. The number of thiocarbonyl (C=S) groups is 1. The SMILES string of the molecule is CN(C(=S)NCc1cccs1)[C@]1(c2ccccc2Cl)CCCCC1=O. The van der Waals surface area contributed by atoms with Gasteiger partial charge in [-0.2, -0.15) is 0 Å². The van der Waals surface area contributed by atoms with Crippen LogP contribution in [0.5, 0.6) is 0 Å². The van der Waals surface area contributed by atoms with Crippen molar-refractivity contribution < 1.29 is 4.79 Å². The molecule has 1 aliphatic carbocycles. The summed E-state index contributed by atoms with van der Waals surface area (Å²) in [5.74, 6) is 0.189. The van der Waals surface area contributed by atoms with E-state index in [9.17, 15) is 4.79 Å². The lowest BCUT2D eigenvalue weighted by molar-refractivity contribution is -0.131. The Hall–Kier alpha value is -1.43. The predicted octanol–water partition coefficient (Wildman–Crippen LogP) is 4.75. The normalized spacial score (nSPS) is 20.3. The third-order valence-electron chi connectivity index (χ3n) is 4.84. The second kappa shape index (κ2) is 7.85. The summed E-state index contributed by atoms with van der Waals surface area (Å²) in [7, 11) is 1.90. The summed E-state index contributed by atoms with van der Waals surface area (Å²) >= 11 is 13.8. The number of hydrogen-bond donors (Lipinski definition) is 1. The summed E-state index contributed by atoms with van der Waals surface area (Å²) in [4.78, 5) is 16.2. The van der Waals surface area contributed by atoms with Crippen LogP contribution in [0.3, 0.4) is 0 Å². The van der Waals surface area contributed by atoms with Gasteiger partial charge in [-0.3, -0.25) is 4.79 Å². The van der Waals surface area contributed by atoms with Crippen molar-refractivity contribution in [1.82, 2.24) is 10.2 Å². The molecule has 0 spiro atoms. The molecule has 1 saturated carbocycles. The van der Waals surface area contributed by atoms with E-state index in [2.05, 4.69) is 11.4 Å². The fraction of sp³-hybridized carbons (Fsp3) is 0.368. The van der Waals surface area contributed by atoms with E-state index >= 15 is 0 Å². The van der Waals surface area contributed by atoms with Crippen LogP contribution < -0.4 is 5.32 Å². The molecular weight excluding hydrogens is 372 g/mol. The maximum atomic E-state index is 13.1. The van der Waals surface area contributed by atoms with Crippen molar-refractivity contribution in [3.63, 3.8) is 0 Å². The van der Waals surface area contributed by atoms with Gasteiger partial charge >= 0.3 is 0 Å². The van der Waals surface area contributed by atoms with E-state index in [4.69, 9.17) is 23.8 Å². The number of hydrogen-bond acceptors (Lipinski definition) is 3. The highest BCUT2D eigenvalue weighted by atomic mass is 35.5. The van der Waals surface area contributed by atoms with Crippen molar-refractivity contribution in [2.45, 2.75) is 37.8 Å². The first kappa shape index (κ1) is 18.4. The quantitative estimate of drug-likeness (QED) is 0.761. The van der Waals surface area contributed by atoms with Gasteiger partial charge in [0.05, 0.1) is 6.54 Å². The van der Waals surface area contributed by atoms with Gasteiger partial charge in [-0.25, -0.2) is 0 Å². The number of nitrogens with zero attached hydrogens (tertiary/aromatic N) is 1. The number of Topliss-reactive ketones (excluding diaryl/α,β-unsaturated/α-hetero) is 1. The first-order valence-electron chi connectivity index (χ1n) is 8.38. The van der Waals surface area contributed by atoms with E-state index in [1.165, 1.54) is 4.88 Å². The van der Waals surface area contributed by atoms with Gasteiger partial charge in [-0.15, -0.1) is 11.3 Å². The number of carbonyl (C=O) groups is 1. The molecule has 0 radical (unpaired) electrons. The highest BCUT2D eigenvalue weighted by Gasteiger charge is 2.47. The minimum absolute atomic E-state index is 0.189. The van der Waals surface area contributed by atoms with Crippen molar-refractivity contribution in [1.29, 1.82) is 0 Å². The molecule has 3 rings (SSSR count). The zero-order valence-corrected chi connectivity index (χ0v) is 16.5.